The van der Waals surface area contributed by atoms with E-state index in [-0.39, 0.29) is 0 Å². The summed E-state index contributed by atoms with van der Waals surface area (Å²) in [5.74, 6) is 1.75. The summed E-state index contributed by atoms with van der Waals surface area (Å²) in [6, 6.07) is 0. The molecule has 0 spiro atoms. The van der Waals surface area contributed by atoms with Gasteiger partial charge in [0.05, 0.1) is 0 Å². The maximum Gasteiger partial charge on any atom is 0.115 e. The summed E-state index contributed by atoms with van der Waals surface area (Å²) in [6.45, 7) is 4.44. The molecule has 2 rings (SSSR count). The van der Waals surface area contributed by atoms with Gasteiger partial charge >= 0.3 is 0 Å². The summed E-state index contributed by atoms with van der Waals surface area (Å²) >= 11 is 0. The zero-order valence-electron chi connectivity index (χ0n) is 9.70. The van der Waals surface area contributed by atoms with Gasteiger partial charge in [0.2, 0.25) is 0 Å². The zero-order chi connectivity index (χ0) is 10.7. The van der Waals surface area contributed by atoms with Gasteiger partial charge in [-0.2, -0.15) is 0 Å². The highest BCUT2D eigenvalue weighted by molar-refractivity contribution is 5.18. The van der Waals surface area contributed by atoms with Crippen LogP contribution in [0.15, 0.2) is 35.6 Å². The molecule has 0 bridgehead atoms. The topological polar surface area (TPSA) is 9.23 Å². The molecule has 0 aromatic carbocycles. The van der Waals surface area contributed by atoms with Gasteiger partial charge in [-0.25, -0.2) is 0 Å². The minimum absolute atomic E-state index is 0.401. The van der Waals surface area contributed by atoms with Crippen molar-refractivity contribution in [3.63, 3.8) is 0 Å². The molecular weight excluding hydrogens is 184 g/mol. The first-order valence-corrected chi connectivity index (χ1v) is 5.94. The number of rotatable bonds is 2. The van der Waals surface area contributed by atoms with Crippen LogP contribution in [0.3, 0.4) is 0 Å². The lowest BCUT2D eigenvalue weighted by Gasteiger charge is -2.24. The average molecular weight is 204 g/mol. The maximum atomic E-state index is 5.96. The lowest BCUT2D eigenvalue weighted by atomic mass is 9.98. The highest BCUT2D eigenvalue weighted by Crippen LogP contribution is 2.24. The standard InChI is InChI=1S/C14H20O/c1-11-3-7-13(8-4-11)15-14-9-5-12(2)6-10-14/h3,5,7-8,11,14H,4,6,9-10H2,1-2H3. The van der Waals surface area contributed by atoms with Crippen molar-refractivity contribution in [2.45, 2.75) is 45.6 Å². The highest BCUT2D eigenvalue weighted by atomic mass is 16.5. The summed E-state index contributed by atoms with van der Waals surface area (Å²) in [5.41, 5.74) is 1.51. The molecule has 2 aliphatic carbocycles. The summed E-state index contributed by atoms with van der Waals surface area (Å²) in [7, 11) is 0. The molecule has 1 nitrogen and oxygen atoms in total. The molecular formula is C14H20O. The summed E-state index contributed by atoms with van der Waals surface area (Å²) in [4.78, 5) is 0. The van der Waals surface area contributed by atoms with Gasteiger partial charge < -0.3 is 4.74 Å². The van der Waals surface area contributed by atoms with Crippen LogP contribution in [-0.4, -0.2) is 6.10 Å². The Kier molecular flexibility index (Phi) is 3.30. The molecule has 0 aromatic heterocycles. The maximum absolute atomic E-state index is 5.96. The van der Waals surface area contributed by atoms with E-state index in [0.29, 0.717) is 12.0 Å². The van der Waals surface area contributed by atoms with E-state index >= 15 is 0 Å². The van der Waals surface area contributed by atoms with Gasteiger partial charge in [0.1, 0.15) is 11.9 Å². The van der Waals surface area contributed by atoms with Gasteiger partial charge in [-0.15, -0.1) is 0 Å². The first kappa shape index (κ1) is 10.5. The smallest absolute Gasteiger partial charge is 0.115 e. The zero-order valence-corrected chi connectivity index (χ0v) is 9.70. The van der Waals surface area contributed by atoms with Crippen molar-refractivity contribution in [2.75, 3.05) is 0 Å². The Morgan fingerprint density at radius 2 is 2.13 bits per heavy atom. The van der Waals surface area contributed by atoms with E-state index < -0.39 is 0 Å². The molecule has 82 valence electrons. The van der Waals surface area contributed by atoms with E-state index in [9.17, 15) is 0 Å². The van der Waals surface area contributed by atoms with Crippen LogP contribution in [-0.2, 0) is 4.74 Å². The fourth-order valence-corrected chi connectivity index (χ4v) is 2.04. The third kappa shape index (κ3) is 2.98. The second-order valence-corrected chi connectivity index (χ2v) is 4.74. The number of allylic oxidation sites excluding steroid dienone is 4. The largest absolute Gasteiger partial charge is 0.490 e. The number of hydrogen-bond donors (Lipinski definition) is 0. The molecule has 0 heterocycles. The lowest BCUT2D eigenvalue weighted by Crippen LogP contribution is -2.15. The fourth-order valence-electron chi connectivity index (χ4n) is 2.04. The summed E-state index contributed by atoms with van der Waals surface area (Å²) in [6.07, 6.45) is 13.8. The Balaban J connectivity index is 1.86. The quantitative estimate of drug-likeness (QED) is 0.618. The van der Waals surface area contributed by atoms with Crippen LogP contribution in [0.25, 0.3) is 0 Å². The molecule has 15 heavy (non-hydrogen) atoms. The molecule has 0 radical (unpaired) electrons. The Hall–Kier alpha value is -0.980. The average Bonchev–Trinajstić information content (AvgIpc) is 2.25. The second-order valence-electron chi connectivity index (χ2n) is 4.74. The number of ether oxygens (including phenoxy) is 1. The molecule has 0 aliphatic heterocycles. The first-order valence-electron chi connectivity index (χ1n) is 5.94. The lowest BCUT2D eigenvalue weighted by molar-refractivity contribution is 0.113. The third-order valence-corrected chi connectivity index (χ3v) is 3.17. The molecule has 0 aromatic rings. The van der Waals surface area contributed by atoms with Crippen LogP contribution in [0.5, 0.6) is 0 Å². The van der Waals surface area contributed by atoms with E-state index in [4.69, 9.17) is 4.74 Å². The van der Waals surface area contributed by atoms with Crippen molar-refractivity contribution in [1.82, 2.24) is 0 Å². The Morgan fingerprint density at radius 3 is 2.73 bits per heavy atom. The van der Waals surface area contributed by atoms with Crippen molar-refractivity contribution >= 4 is 0 Å². The van der Waals surface area contributed by atoms with Crippen LogP contribution in [0.1, 0.15) is 39.5 Å². The van der Waals surface area contributed by atoms with E-state index in [0.717, 1.165) is 18.6 Å². The van der Waals surface area contributed by atoms with E-state index in [1.54, 1.807) is 0 Å². The molecule has 2 atom stereocenters. The fraction of sp³-hybridized carbons (Fsp3) is 0.571. The molecule has 2 aliphatic rings. The predicted octanol–water partition coefficient (Wildman–Crippen LogP) is 3.98. The van der Waals surface area contributed by atoms with E-state index in [1.165, 1.54) is 18.4 Å². The number of hydrogen-bond acceptors (Lipinski definition) is 1. The van der Waals surface area contributed by atoms with Crippen molar-refractivity contribution in [3.05, 3.63) is 35.6 Å². The molecule has 1 heteroatoms. The van der Waals surface area contributed by atoms with Gasteiger partial charge in [-0.1, -0.05) is 24.6 Å². The molecule has 0 fully saturated rings. The Labute approximate surface area is 92.5 Å². The van der Waals surface area contributed by atoms with Crippen LogP contribution in [0, 0.1) is 5.92 Å². The van der Waals surface area contributed by atoms with Gasteiger partial charge in [0.15, 0.2) is 0 Å². The van der Waals surface area contributed by atoms with Crippen LogP contribution < -0.4 is 0 Å². The van der Waals surface area contributed by atoms with Crippen molar-refractivity contribution in [3.8, 4) is 0 Å². The van der Waals surface area contributed by atoms with Crippen molar-refractivity contribution in [1.29, 1.82) is 0 Å². The minimum Gasteiger partial charge on any atom is -0.490 e. The highest BCUT2D eigenvalue weighted by Gasteiger charge is 2.15. The summed E-state index contributed by atoms with van der Waals surface area (Å²) in [5, 5.41) is 0. The van der Waals surface area contributed by atoms with E-state index in [1.807, 2.05) is 0 Å². The van der Waals surface area contributed by atoms with Crippen LogP contribution >= 0.6 is 0 Å². The molecule has 0 amide bonds. The normalized spacial score (nSPS) is 30.8. The Bertz CT molecular complexity index is 309. The van der Waals surface area contributed by atoms with Gasteiger partial charge in [0.25, 0.3) is 0 Å². The monoisotopic (exact) mass is 204 g/mol. The SMILES string of the molecule is CC1=CCC(OC2=CCC(C)C=C2)CC1. The van der Waals surface area contributed by atoms with Gasteiger partial charge in [0, 0.05) is 6.42 Å². The minimum atomic E-state index is 0.401. The van der Waals surface area contributed by atoms with Crippen molar-refractivity contribution in [2.24, 2.45) is 5.92 Å². The van der Waals surface area contributed by atoms with Crippen molar-refractivity contribution < 1.29 is 4.74 Å². The van der Waals surface area contributed by atoms with Gasteiger partial charge in [-0.3, -0.25) is 0 Å². The van der Waals surface area contributed by atoms with Gasteiger partial charge in [-0.05, 0) is 44.3 Å². The summed E-state index contributed by atoms with van der Waals surface area (Å²) < 4.78 is 5.96. The second kappa shape index (κ2) is 4.69. The molecule has 0 N–H and O–H groups in total. The van der Waals surface area contributed by atoms with E-state index in [2.05, 4.69) is 38.2 Å². The van der Waals surface area contributed by atoms with Crippen LogP contribution in [0.2, 0.25) is 0 Å². The Morgan fingerprint density at radius 1 is 1.27 bits per heavy atom. The molecule has 0 saturated carbocycles. The molecule has 0 saturated heterocycles. The third-order valence-electron chi connectivity index (χ3n) is 3.17. The molecule has 2 unspecified atom stereocenters. The predicted molar refractivity (Wildman–Crippen MR) is 63.5 cm³/mol. The van der Waals surface area contributed by atoms with Crippen LogP contribution in [0.4, 0.5) is 0 Å². The first-order chi connectivity index (χ1) is 7.24.